The molecule has 8 heteroatoms. The first kappa shape index (κ1) is 23.2. The van der Waals surface area contributed by atoms with E-state index in [-0.39, 0.29) is 18.8 Å². The molecule has 0 aromatic carbocycles. The summed E-state index contributed by atoms with van der Waals surface area (Å²) in [6.07, 6.45) is 6.92. The lowest BCUT2D eigenvalue weighted by Crippen LogP contribution is -2.34. The lowest BCUT2D eigenvalue weighted by molar-refractivity contribution is 0.111. The van der Waals surface area contributed by atoms with Gasteiger partial charge in [-0.15, -0.1) is 0 Å². The molecule has 0 saturated heterocycles. The molecule has 2 fully saturated rings. The molecule has 2 aliphatic carbocycles. The van der Waals surface area contributed by atoms with Crippen molar-refractivity contribution in [3.63, 3.8) is 0 Å². The maximum atomic E-state index is 12.3. The van der Waals surface area contributed by atoms with Crippen molar-refractivity contribution in [2.24, 2.45) is 23.4 Å². The van der Waals surface area contributed by atoms with Gasteiger partial charge in [-0.2, -0.15) is 0 Å². The van der Waals surface area contributed by atoms with E-state index in [1.807, 2.05) is 19.1 Å². The van der Waals surface area contributed by atoms with Crippen molar-refractivity contribution in [2.45, 2.75) is 58.5 Å². The Morgan fingerprint density at radius 2 is 1.90 bits per heavy atom. The molecule has 2 aliphatic rings. The van der Waals surface area contributed by atoms with E-state index in [1.54, 1.807) is 19.0 Å². The SMILES string of the molecule is Cc1nc(/C(N)=C(\COC(=O)N(C)CC2CC2C)N(C)N)ccc1OC1CCCCC1. The summed E-state index contributed by atoms with van der Waals surface area (Å²) in [6, 6.07) is 3.73. The summed E-state index contributed by atoms with van der Waals surface area (Å²) in [5.41, 5.74) is 8.60. The van der Waals surface area contributed by atoms with Gasteiger partial charge in [-0.3, -0.25) is 0 Å². The summed E-state index contributed by atoms with van der Waals surface area (Å²) in [7, 11) is 3.42. The highest BCUT2D eigenvalue weighted by atomic mass is 16.6. The minimum absolute atomic E-state index is 0.0245. The lowest BCUT2D eigenvalue weighted by Gasteiger charge is -2.24. The fourth-order valence-electron chi connectivity index (χ4n) is 4.02. The summed E-state index contributed by atoms with van der Waals surface area (Å²) in [4.78, 5) is 18.6. The Kier molecular flexibility index (Phi) is 7.64. The summed E-state index contributed by atoms with van der Waals surface area (Å²) >= 11 is 0. The zero-order valence-corrected chi connectivity index (χ0v) is 19.3. The molecule has 2 saturated carbocycles. The zero-order valence-electron chi connectivity index (χ0n) is 19.3. The normalized spacial score (nSPS) is 21.8. The number of hydrogen-bond acceptors (Lipinski definition) is 7. The van der Waals surface area contributed by atoms with E-state index < -0.39 is 0 Å². The third kappa shape index (κ3) is 6.26. The highest BCUT2D eigenvalue weighted by Gasteiger charge is 2.34. The van der Waals surface area contributed by atoms with Crippen LogP contribution in [0, 0.1) is 18.8 Å². The number of amides is 1. The molecular weight excluding hydrogens is 394 g/mol. The van der Waals surface area contributed by atoms with Gasteiger partial charge >= 0.3 is 6.09 Å². The van der Waals surface area contributed by atoms with Gasteiger partial charge in [-0.05, 0) is 63.0 Å². The number of carbonyl (C=O) groups excluding carboxylic acids is 1. The van der Waals surface area contributed by atoms with Crippen LogP contribution in [0.2, 0.25) is 0 Å². The van der Waals surface area contributed by atoms with Crippen molar-refractivity contribution in [2.75, 3.05) is 27.2 Å². The molecule has 1 amide bonds. The van der Waals surface area contributed by atoms with Crippen molar-refractivity contribution in [3.8, 4) is 5.75 Å². The van der Waals surface area contributed by atoms with Gasteiger partial charge in [0.2, 0.25) is 0 Å². The number of rotatable bonds is 8. The van der Waals surface area contributed by atoms with Crippen LogP contribution in [0.3, 0.4) is 0 Å². The van der Waals surface area contributed by atoms with Gasteiger partial charge in [0.1, 0.15) is 12.4 Å². The smallest absolute Gasteiger partial charge is 0.409 e. The molecule has 0 spiro atoms. The van der Waals surface area contributed by atoms with Gasteiger partial charge in [-0.25, -0.2) is 15.6 Å². The number of ether oxygens (including phenoxy) is 2. The highest BCUT2D eigenvalue weighted by Crippen LogP contribution is 2.38. The number of pyridine rings is 1. The number of hydrazine groups is 1. The largest absolute Gasteiger partial charge is 0.489 e. The molecule has 4 N–H and O–H groups in total. The number of aromatic nitrogens is 1. The number of carbonyl (C=O) groups is 1. The van der Waals surface area contributed by atoms with Crippen LogP contribution in [0.25, 0.3) is 5.70 Å². The van der Waals surface area contributed by atoms with Gasteiger partial charge in [0.05, 0.1) is 28.9 Å². The first-order valence-electron chi connectivity index (χ1n) is 11.3. The molecule has 8 nitrogen and oxygen atoms in total. The maximum absolute atomic E-state index is 12.3. The van der Waals surface area contributed by atoms with Crippen molar-refractivity contribution >= 4 is 11.8 Å². The summed E-state index contributed by atoms with van der Waals surface area (Å²) < 4.78 is 11.6. The van der Waals surface area contributed by atoms with Crippen LogP contribution in [-0.4, -0.2) is 54.3 Å². The van der Waals surface area contributed by atoms with Crippen molar-refractivity contribution < 1.29 is 14.3 Å². The Morgan fingerprint density at radius 1 is 1.23 bits per heavy atom. The number of likely N-dealkylation sites (N-methyl/N-ethyl adjacent to an activating group) is 1. The summed E-state index contributed by atoms with van der Waals surface area (Å²) in [5, 5.41) is 1.37. The van der Waals surface area contributed by atoms with Crippen LogP contribution in [0.1, 0.15) is 56.8 Å². The second-order valence-electron chi connectivity index (χ2n) is 9.04. The van der Waals surface area contributed by atoms with Crippen molar-refractivity contribution in [1.29, 1.82) is 0 Å². The number of nitrogens with zero attached hydrogens (tertiary/aromatic N) is 3. The first-order chi connectivity index (χ1) is 14.8. The van der Waals surface area contributed by atoms with E-state index in [1.165, 1.54) is 24.3 Å². The quantitative estimate of drug-likeness (QED) is 0.480. The van der Waals surface area contributed by atoms with Gasteiger partial charge in [-0.1, -0.05) is 13.3 Å². The van der Waals surface area contributed by atoms with Crippen LogP contribution in [0.15, 0.2) is 17.8 Å². The molecule has 0 radical (unpaired) electrons. The van der Waals surface area contributed by atoms with Crippen LogP contribution in [-0.2, 0) is 4.74 Å². The topological polar surface area (TPSA) is 107 Å². The molecule has 31 heavy (non-hydrogen) atoms. The van der Waals surface area contributed by atoms with E-state index in [2.05, 4.69) is 11.9 Å². The number of hydrogen-bond donors (Lipinski definition) is 2. The second kappa shape index (κ2) is 10.2. The lowest BCUT2D eigenvalue weighted by atomic mass is 9.98. The fourth-order valence-corrected chi connectivity index (χ4v) is 4.02. The van der Waals surface area contributed by atoms with Gasteiger partial charge in [0, 0.05) is 20.6 Å². The monoisotopic (exact) mass is 431 g/mol. The molecule has 1 aromatic rings. The predicted molar refractivity (Wildman–Crippen MR) is 121 cm³/mol. The van der Waals surface area contributed by atoms with Crippen LogP contribution in [0.5, 0.6) is 5.75 Å². The van der Waals surface area contributed by atoms with Gasteiger partial charge in [0.15, 0.2) is 0 Å². The Balaban J connectivity index is 1.65. The van der Waals surface area contributed by atoms with Crippen molar-refractivity contribution in [1.82, 2.24) is 14.9 Å². The van der Waals surface area contributed by atoms with E-state index >= 15 is 0 Å². The highest BCUT2D eigenvalue weighted by molar-refractivity contribution is 5.68. The molecule has 0 bridgehead atoms. The Morgan fingerprint density at radius 3 is 2.48 bits per heavy atom. The average Bonchev–Trinajstić information content (AvgIpc) is 3.44. The van der Waals surface area contributed by atoms with E-state index in [0.29, 0.717) is 35.5 Å². The zero-order chi connectivity index (χ0) is 22.5. The summed E-state index contributed by atoms with van der Waals surface area (Å²) in [5.74, 6) is 8.00. The third-order valence-corrected chi connectivity index (χ3v) is 6.32. The molecule has 2 atom stereocenters. The molecule has 1 heterocycles. The Bertz CT molecular complexity index is 804. The third-order valence-electron chi connectivity index (χ3n) is 6.32. The standard InChI is InChI=1S/C23H37N5O3/c1-15-12-17(15)13-27(3)23(29)30-14-20(28(4)25)22(24)19-10-11-21(16(2)26-19)31-18-8-6-5-7-9-18/h10-11,15,17-18H,5-9,12-14,24-25H2,1-4H3/b22-20-. The Labute approximate surface area is 185 Å². The maximum Gasteiger partial charge on any atom is 0.409 e. The molecule has 1 aromatic heterocycles. The van der Waals surface area contributed by atoms with Gasteiger partial charge in [0.25, 0.3) is 0 Å². The minimum Gasteiger partial charge on any atom is -0.489 e. The van der Waals surface area contributed by atoms with Crippen LogP contribution in [0.4, 0.5) is 4.79 Å². The summed E-state index contributed by atoms with van der Waals surface area (Å²) in [6.45, 7) is 4.78. The predicted octanol–water partition coefficient (Wildman–Crippen LogP) is 3.26. The molecular formula is C23H37N5O3. The van der Waals surface area contributed by atoms with E-state index in [0.717, 1.165) is 30.7 Å². The van der Waals surface area contributed by atoms with E-state index in [4.69, 9.17) is 21.1 Å². The molecule has 2 unspecified atom stereocenters. The average molecular weight is 432 g/mol. The van der Waals surface area contributed by atoms with Crippen molar-refractivity contribution in [3.05, 3.63) is 29.2 Å². The van der Waals surface area contributed by atoms with E-state index in [9.17, 15) is 4.79 Å². The van der Waals surface area contributed by atoms with Crippen LogP contribution < -0.4 is 16.3 Å². The number of aryl methyl sites for hydroxylation is 1. The number of nitrogens with two attached hydrogens (primary N) is 2. The minimum atomic E-state index is -0.383. The molecule has 3 rings (SSSR count). The first-order valence-corrected chi connectivity index (χ1v) is 11.3. The molecule has 0 aliphatic heterocycles. The Hall–Kier alpha value is -2.48. The fraction of sp³-hybridized carbons (Fsp3) is 0.652. The van der Waals surface area contributed by atoms with Gasteiger partial charge < -0.3 is 25.1 Å². The molecule has 172 valence electrons. The van der Waals surface area contributed by atoms with Crippen LogP contribution >= 0.6 is 0 Å². The second-order valence-corrected chi connectivity index (χ2v) is 9.04.